The van der Waals surface area contributed by atoms with Crippen molar-refractivity contribution in [2.45, 2.75) is 78.0 Å². The Morgan fingerprint density at radius 1 is 1.23 bits per heavy atom. The lowest BCUT2D eigenvalue weighted by Crippen LogP contribution is -2.61. The van der Waals surface area contributed by atoms with Crippen molar-refractivity contribution >= 4 is 19.6 Å². The smallest absolute Gasteiger partial charge is 0.435 e. The molecule has 2 unspecified atom stereocenters. The summed E-state index contributed by atoms with van der Waals surface area (Å²) in [5.74, 6) is -0.565. The fourth-order valence-corrected chi connectivity index (χ4v) is 5.84. The normalized spacial score (nSPS) is 24.3. The zero-order valence-corrected chi connectivity index (χ0v) is 19.2. The molecule has 8 heteroatoms. The molecule has 2 amide bonds. The quantitative estimate of drug-likeness (QED) is 0.274. The summed E-state index contributed by atoms with van der Waals surface area (Å²) in [5.41, 5.74) is 0.857. The van der Waals surface area contributed by atoms with Crippen molar-refractivity contribution in [1.29, 1.82) is 0 Å². The van der Waals surface area contributed by atoms with Crippen LogP contribution in [0.25, 0.3) is 0 Å². The molecular weight excluding hydrogens is 405 g/mol. The van der Waals surface area contributed by atoms with Gasteiger partial charge in [-0.05, 0) is 25.8 Å². The number of quaternary nitrogens is 1. The third-order valence-electron chi connectivity index (χ3n) is 5.84. The molecule has 0 radical (unpaired) electrons. The highest BCUT2D eigenvalue weighted by molar-refractivity contribution is 7.53. The summed E-state index contributed by atoms with van der Waals surface area (Å²) >= 11 is 0. The van der Waals surface area contributed by atoms with Gasteiger partial charge >= 0.3 is 19.6 Å². The van der Waals surface area contributed by atoms with E-state index in [9.17, 15) is 19.3 Å². The van der Waals surface area contributed by atoms with Crippen LogP contribution in [0.2, 0.25) is 0 Å². The van der Waals surface area contributed by atoms with Gasteiger partial charge in [0.1, 0.15) is 6.04 Å². The molecule has 168 valence electrons. The number of carboxylic acid groups (broad SMARTS) is 1. The number of hydrogen-bond donors (Lipinski definition) is 1. The summed E-state index contributed by atoms with van der Waals surface area (Å²) in [4.78, 5) is 25.1. The van der Waals surface area contributed by atoms with Gasteiger partial charge in [0.25, 0.3) is 0 Å². The molecule has 1 aromatic rings. The Balaban J connectivity index is 2.13. The standard InChI is InChI=1S/C22H34NO6P/c1-4-5-6-10-16-30(27,28-17-20-13-8-7-9-14-20)29-19(3)21(24)23(22(25)26)15-11-12-18(23)2/h7-9,13-14,18-19H,4-6,10-12,15-17H2,1-3H3/p+1/t18-,19+,23?,30?/m1/s1. The number of benzene rings is 1. The summed E-state index contributed by atoms with van der Waals surface area (Å²) in [7, 11) is -3.58. The second kappa shape index (κ2) is 11.2. The summed E-state index contributed by atoms with van der Waals surface area (Å²) < 4.78 is 24.3. The molecule has 30 heavy (non-hydrogen) atoms. The number of likely N-dealkylation sites (tertiary alicyclic amines) is 1. The van der Waals surface area contributed by atoms with Crippen LogP contribution in [0, 0.1) is 0 Å². The maximum atomic E-state index is 13.5. The molecule has 2 rings (SSSR count). The Morgan fingerprint density at radius 2 is 1.93 bits per heavy atom. The van der Waals surface area contributed by atoms with Crippen LogP contribution in [0.15, 0.2) is 30.3 Å². The van der Waals surface area contributed by atoms with Crippen molar-refractivity contribution in [1.82, 2.24) is 0 Å². The number of unbranched alkanes of at least 4 members (excludes halogenated alkanes) is 3. The minimum absolute atomic E-state index is 0.113. The van der Waals surface area contributed by atoms with Crippen molar-refractivity contribution < 1.29 is 32.8 Å². The van der Waals surface area contributed by atoms with Gasteiger partial charge in [0.2, 0.25) is 0 Å². The summed E-state index contributed by atoms with van der Waals surface area (Å²) in [6, 6.07) is 9.02. The lowest BCUT2D eigenvalue weighted by molar-refractivity contribution is -0.793. The minimum Gasteiger partial charge on any atom is -0.435 e. The summed E-state index contributed by atoms with van der Waals surface area (Å²) in [6.07, 6.45) is 2.83. The van der Waals surface area contributed by atoms with E-state index in [1.165, 1.54) is 6.92 Å². The average molecular weight is 440 g/mol. The van der Waals surface area contributed by atoms with Gasteiger partial charge in [-0.3, -0.25) is 9.09 Å². The maximum Gasteiger partial charge on any atom is 0.521 e. The predicted molar refractivity (Wildman–Crippen MR) is 115 cm³/mol. The van der Waals surface area contributed by atoms with E-state index in [1.807, 2.05) is 30.3 Å². The number of carbonyl (C=O) groups excluding carboxylic acids is 1. The van der Waals surface area contributed by atoms with E-state index in [-0.39, 0.29) is 25.4 Å². The van der Waals surface area contributed by atoms with Gasteiger partial charge in [-0.1, -0.05) is 56.5 Å². The van der Waals surface area contributed by atoms with Crippen molar-refractivity contribution in [2.24, 2.45) is 0 Å². The third kappa shape index (κ3) is 6.01. The number of hydrogen-bond acceptors (Lipinski definition) is 5. The second-order valence-corrected chi connectivity index (χ2v) is 10.2. The third-order valence-corrected chi connectivity index (χ3v) is 7.87. The topological polar surface area (TPSA) is 89.9 Å². The van der Waals surface area contributed by atoms with E-state index >= 15 is 0 Å². The van der Waals surface area contributed by atoms with Crippen LogP contribution in [0.4, 0.5) is 4.79 Å². The van der Waals surface area contributed by atoms with Gasteiger partial charge < -0.3 is 9.63 Å². The fraction of sp³-hybridized carbons (Fsp3) is 0.636. The lowest BCUT2D eigenvalue weighted by atomic mass is 10.2. The molecule has 4 atom stereocenters. The molecule has 0 saturated carbocycles. The molecular formula is C22H35NO6P+. The maximum absolute atomic E-state index is 13.5. The molecule has 0 bridgehead atoms. The molecule has 1 saturated heterocycles. The molecule has 1 aliphatic rings. The van der Waals surface area contributed by atoms with E-state index in [4.69, 9.17) is 9.05 Å². The lowest BCUT2D eigenvalue weighted by Gasteiger charge is -2.32. The first-order valence-electron chi connectivity index (χ1n) is 10.9. The predicted octanol–water partition coefficient (Wildman–Crippen LogP) is 5.59. The van der Waals surface area contributed by atoms with Gasteiger partial charge in [-0.15, -0.1) is 0 Å². The number of nitrogens with zero attached hydrogens (tertiary/aromatic N) is 1. The highest BCUT2D eigenvalue weighted by atomic mass is 31.2. The first kappa shape index (κ1) is 24.7. The average Bonchev–Trinajstić information content (AvgIpc) is 3.12. The Kier molecular flexibility index (Phi) is 9.23. The van der Waals surface area contributed by atoms with Crippen molar-refractivity contribution in [3.8, 4) is 0 Å². The van der Waals surface area contributed by atoms with Crippen LogP contribution in [0.1, 0.15) is 64.9 Å². The number of carbonyl (C=O) groups is 2. The Morgan fingerprint density at radius 3 is 2.50 bits per heavy atom. The first-order valence-corrected chi connectivity index (χ1v) is 12.6. The van der Waals surface area contributed by atoms with Crippen LogP contribution in [0.5, 0.6) is 0 Å². The largest absolute Gasteiger partial charge is 0.521 e. The highest BCUT2D eigenvalue weighted by Crippen LogP contribution is 2.51. The molecule has 1 N–H and O–H groups in total. The first-order chi connectivity index (χ1) is 14.2. The van der Waals surface area contributed by atoms with E-state index in [0.29, 0.717) is 19.3 Å². The molecule has 0 spiro atoms. The fourth-order valence-electron chi connectivity index (χ4n) is 4.02. The van der Waals surface area contributed by atoms with Gasteiger partial charge in [0.05, 0.1) is 19.3 Å². The summed E-state index contributed by atoms with van der Waals surface area (Å²) in [5, 5.41) is 9.80. The molecule has 1 aromatic carbocycles. The molecule has 1 heterocycles. The van der Waals surface area contributed by atoms with E-state index in [1.54, 1.807) is 6.92 Å². The Labute approximate surface area is 179 Å². The van der Waals surface area contributed by atoms with Crippen LogP contribution in [-0.4, -0.2) is 46.4 Å². The highest BCUT2D eigenvalue weighted by Gasteiger charge is 2.55. The van der Waals surface area contributed by atoms with E-state index in [2.05, 4.69) is 6.92 Å². The van der Waals surface area contributed by atoms with Gasteiger partial charge in [-0.2, -0.15) is 9.28 Å². The molecule has 7 nitrogen and oxygen atoms in total. The Bertz CT molecular complexity index is 755. The molecule has 0 aromatic heterocycles. The van der Waals surface area contributed by atoms with Crippen LogP contribution >= 0.6 is 7.60 Å². The number of amides is 2. The zero-order chi connectivity index (χ0) is 22.2. The number of imide groups is 1. The Hall–Kier alpha value is -1.53. The molecule has 0 aliphatic carbocycles. The van der Waals surface area contributed by atoms with Crippen LogP contribution in [0.3, 0.4) is 0 Å². The van der Waals surface area contributed by atoms with Crippen molar-refractivity contribution in [2.75, 3.05) is 12.7 Å². The molecule has 1 aliphatic heterocycles. The van der Waals surface area contributed by atoms with Gasteiger partial charge in [-0.25, -0.2) is 4.79 Å². The SMILES string of the molecule is CCCCCCP(=O)(OCc1ccccc1)O[C@@H](C)C(=O)[N+]1(C(=O)O)CCC[C@H]1C. The number of rotatable bonds is 11. The monoisotopic (exact) mass is 440 g/mol. The van der Waals surface area contributed by atoms with Gasteiger partial charge in [0, 0.05) is 12.8 Å². The van der Waals surface area contributed by atoms with E-state index in [0.717, 1.165) is 24.8 Å². The van der Waals surface area contributed by atoms with Gasteiger partial charge in [0.15, 0.2) is 6.10 Å². The summed E-state index contributed by atoms with van der Waals surface area (Å²) in [6.45, 7) is 5.69. The molecule has 1 fully saturated rings. The van der Waals surface area contributed by atoms with Crippen LogP contribution in [-0.2, 0) is 25.0 Å². The zero-order valence-electron chi connectivity index (χ0n) is 18.3. The minimum atomic E-state index is -3.58. The van der Waals surface area contributed by atoms with E-state index < -0.39 is 30.2 Å². The van der Waals surface area contributed by atoms with Crippen LogP contribution < -0.4 is 0 Å². The van der Waals surface area contributed by atoms with Crippen molar-refractivity contribution in [3.05, 3.63) is 35.9 Å². The second-order valence-electron chi connectivity index (χ2n) is 8.11. The van der Waals surface area contributed by atoms with Crippen molar-refractivity contribution in [3.63, 3.8) is 0 Å².